The summed E-state index contributed by atoms with van der Waals surface area (Å²) in [7, 11) is 0. The van der Waals surface area contributed by atoms with E-state index in [-0.39, 0.29) is 11.9 Å². The lowest BCUT2D eigenvalue weighted by molar-refractivity contribution is -0.118. The van der Waals surface area contributed by atoms with Crippen molar-refractivity contribution in [3.05, 3.63) is 47.7 Å². The summed E-state index contributed by atoms with van der Waals surface area (Å²) in [5.41, 5.74) is 2.28. The Kier molecular flexibility index (Phi) is 2.35. The standard InChI is InChI=1S/C12H12O2/c1-9-2-4-10(5-3-9)12-8-11(13)6-7-14-12/h2-7,12H,8H2,1H3. The van der Waals surface area contributed by atoms with Crippen molar-refractivity contribution in [3.8, 4) is 0 Å². The van der Waals surface area contributed by atoms with Crippen LogP contribution in [0, 0.1) is 6.92 Å². The molecule has 1 heterocycles. The molecule has 0 N–H and O–H groups in total. The molecule has 0 aliphatic carbocycles. The molecule has 14 heavy (non-hydrogen) atoms. The first-order valence-electron chi connectivity index (χ1n) is 4.67. The van der Waals surface area contributed by atoms with Crippen molar-refractivity contribution >= 4 is 5.78 Å². The first-order chi connectivity index (χ1) is 6.75. The van der Waals surface area contributed by atoms with Crippen molar-refractivity contribution in [1.82, 2.24) is 0 Å². The lowest BCUT2D eigenvalue weighted by Gasteiger charge is -2.18. The van der Waals surface area contributed by atoms with Gasteiger partial charge in [-0.3, -0.25) is 4.79 Å². The van der Waals surface area contributed by atoms with Gasteiger partial charge in [-0.05, 0) is 12.5 Å². The Hall–Kier alpha value is -1.57. The van der Waals surface area contributed by atoms with Crippen molar-refractivity contribution in [3.63, 3.8) is 0 Å². The molecule has 1 atom stereocenters. The molecule has 0 spiro atoms. The second-order valence-electron chi connectivity index (χ2n) is 3.51. The van der Waals surface area contributed by atoms with Crippen molar-refractivity contribution in [2.45, 2.75) is 19.4 Å². The molecule has 0 bridgehead atoms. The molecule has 0 fully saturated rings. The fraction of sp³-hybridized carbons (Fsp3) is 0.250. The van der Waals surface area contributed by atoms with Crippen LogP contribution in [0.3, 0.4) is 0 Å². The molecule has 1 aliphatic rings. The quantitative estimate of drug-likeness (QED) is 0.677. The number of carbonyl (C=O) groups excluding carboxylic acids is 1. The highest BCUT2D eigenvalue weighted by molar-refractivity contribution is 5.90. The maximum atomic E-state index is 11.1. The number of allylic oxidation sites excluding steroid dienone is 1. The Morgan fingerprint density at radius 1 is 1.29 bits per heavy atom. The van der Waals surface area contributed by atoms with Gasteiger partial charge in [-0.1, -0.05) is 29.8 Å². The van der Waals surface area contributed by atoms with Crippen LogP contribution in [0.5, 0.6) is 0 Å². The van der Waals surface area contributed by atoms with Gasteiger partial charge in [0.1, 0.15) is 6.10 Å². The molecule has 2 rings (SSSR count). The zero-order valence-electron chi connectivity index (χ0n) is 8.07. The largest absolute Gasteiger partial charge is 0.493 e. The van der Waals surface area contributed by atoms with Crippen molar-refractivity contribution in [2.24, 2.45) is 0 Å². The minimum atomic E-state index is -0.104. The highest BCUT2D eigenvalue weighted by atomic mass is 16.5. The van der Waals surface area contributed by atoms with E-state index in [0.717, 1.165) is 5.56 Å². The van der Waals surface area contributed by atoms with E-state index in [1.54, 1.807) is 0 Å². The van der Waals surface area contributed by atoms with Crippen LogP contribution in [0.1, 0.15) is 23.7 Å². The van der Waals surface area contributed by atoms with Gasteiger partial charge in [-0.15, -0.1) is 0 Å². The van der Waals surface area contributed by atoms with Crippen LogP contribution in [-0.2, 0) is 9.53 Å². The molecule has 2 heteroatoms. The third-order valence-electron chi connectivity index (χ3n) is 2.33. The van der Waals surface area contributed by atoms with E-state index in [0.29, 0.717) is 6.42 Å². The van der Waals surface area contributed by atoms with E-state index in [4.69, 9.17) is 4.74 Å². The third kappa shape index (κ3) is 1.84. The zero-order chi connectivity index (χ0) is 9.97. The predicted octanol–water partition coefficient (Wildman–Crippen LogP) is 2.54. The topological polar surface area (TPSA) is 26.3 Å². The highest BCUT2D eigenvalue weighted by Crippen LogP contribution is 2.24. The predicted molar refractivity (Wildman–Crippen MR) is 53.8 cm³/mol. The van der Waals surface area contributed by atoms with Gasteiger partial charge in [-0.2, -0.15) is 0 Å². The van der Waals surface area contributed by atoms with E-state index >= 15 is 0 Å². The van der Waals surface area contributed by atoms with Crippen molar-refractivity contribution in [1.29, 1.82) is 0 Å². The van der Waals surface area contributed by atoms with Crippen LogP contribution >= 0.6 is 0 Å². The highest BCUT2D eigenvalue weighted by Gasteiger charge is 2.17. The molecular formula is C12H12O2. The number of aryl methyl sites for hydroxylation is 1. The van der Waals surface area contributed by atoms with Crippen molar-refractivity contribution < 1.29 is 9.53 Å². The number of ether oxygens (including phenoxy) is 1. The smallest absolute Gasteiger partial charge is 0.162 e. The first kappa shape index (κ1) is 9.00. The van der Waals surface area contributed by atoms with Crippen LogP contribution in [0.4, 0.5) is 0 Å². The fourth-order valence-corrected chi connectivity index (χ4v) is 1.49. The molecule has 1 unspecified atom stereocenters. The summed E-state index contributed by atoms with van der Waals surface area (Å²) in [6.45, 7) is 2.04. The molecule has 1 aromatic carbocycles. The molecular weight excluding hydrogens is 176 g/mol. The van der Waals surface area contributed by atoms with Crippen LogP contribution in [-0.4, -0.2) is 5.78 Å². The maximum absolute atomic E-state index is 11.1. The minimum Gasteiger partial charge on any atom is -0.493 e. The maximum Gasteiger partial charge on any atom is 0.162 e. The average molecular weight is 188 g/mol. The molecule has 0 radical (unpaired) electrons. The van der Waals surface area contributed by atoms with Crippen molar-refractivity contribution in [2.75, 3.05) is 0 Å². The summed E-state index contributed by atoms with van der Waals surface area (Å²) in [4.78, 5) is 11.1. The summed E-state index contributed by atoms with van der Waals surface area (Å²) in [6, 6.07) is 8.07. The second-order valence-corrected chi connectivity index (χ2v) is 3.51. The summed E-state index contributed by atoms with van der Waals surface area (Å²) in [6.07, 6.45) is 3.30. The summed E-state index contributed by atoms with van der Waals surface area (Å²) < 4.78 is 5.37. The Labute approximate surface area is 83.2 Å². The van der Waals surface area contributed by atoms with Crippen LogP contribution in [0.25, 0.3) is 0 Å². The second kappa shape index (κ2) is 3.66. The molecule has 1 aromatic rings. The van der Waals surface area contributed by atoms with E-state index < -0.39 is 0 Å². The van der Waals surface area contributed by atoms with Crippen LogP contribution < -0.4 is 0 Å². The van der Waals surface area contributed by atoms with E-state index in [2.05, 4.69) is 0 Å². The van der Waals surface area contributed by atoms with Gasteiger partial charge in [0.2, 0.25) is 0 Å². The van der Waals surface area contributed by atoms with E-state index in [1.165, 1.54) is 17.9 Å². The normalized spacial score (nSPS) is 20.6. The Bertz CT molecular complexity index is 362. The Morgan fingerprint density at radius 3 is 2.64 bits per heavy atom. The molecule has 0 saturated heterocycles. The molecule has 0 aromatic heterocycles. The Morgan fingerprint density at radius 2 is 2.00 bits per heavy atom. The average Bonchev–Trinajstić information content (AvgIpc) is 2.19. The monoisotopic (exact) mass is 188 g/mol. The Balaban J connectivity index is 2.19. The minimum absolute atomic E-state index is 0.104. The molecule has 2 nitrogen and oxygen atoms in total. The van der Waals surface area contributed by atoms with E-state index in [9.17, 15) is 4.79 Å². The number of hydrogen-bond acceptors (Lipinski definition) is 2. The third-order valence-corrected chi connectivity index (χ3v) is 2.33. The van der Waals surface area contributed by atoms with Crippen LogP contribution in [0.2, 0.25) is 0 Å². The number of carbonyl (C=O) groups is 1. The molecule has 0 saturated carbocycles. The summed E-state index contributed by atoms with van der Waals surface area (Å²) in [5, 5.41) is 0. The van der Waals surface area contributed by atoms with Crippen LogP contribution in [0.15, 0.2) is 36.6 Å². The summed E-state index contributed by atoms with van der Waals surface area (Å²) in [5.74, 6) is 0.127. The van der Waals surface area contributed by atoms with Gasteiger partial charge in [-0.25, -0.2) is 0 Å². The molecule has 72 valence electrons. The van der Waals surface area contributed by atoms with Gasteiger partial charge in [0.25, 0.3) is 0 Å². The number of hydrogen-bond donors (Lipinski definition) is 0. The fourth-order valence-electron chi connectivity index (χ4n) is 1.49. The molecule has 1 aliphatic heterocycles. The van der Waals surface area contributed by atoms with Gasteiger partial charge in [0.05, 0.1) is 12.7 Å². The first-order valence-corrected chi connectivity index (χ1v) is 4.67. The van der Waals surface area contributed by atoms with Gasteiger partial charge < -0.3 is 4.74 Å². The number of benzene rings is 1. The van der Waals surface area contributed by atoms with Gasteiger partial charge in [0.15, 0.2) is 5.78 Å². The number of rotatable bonds is 1. The summed E-state index contributed by atoms with van der Waals surface area (Å²) >= 11 is 0. The van der Waals surface area contributed by atoms with Gasteiger partial charge >= 0.3 is 0 Å². The van der Waals surface area contributed by atoms with E-state index in [1.807, 2.05) is 31.2 Å². The van der Waals surface area contributed by atoms with Gasteiger partial charge in [0, 0.05) is 6.08 Å². The lowest BCUT2D eigenvalue weighted by atomic mass is 10.0. The SMILES string of the molecule is Cc1ccc(C2CC(=O)C=CO2)cc1. The number of ketones is 1. The zero-order valence-corrected chi connectivity index (χ0v) is 8.07. The lowest BCUT2D eigenvalue weighted by Crippen LogP contribution is -2.11. The molecule has 0 amide bonds.